The number of benzene rings is 2. The highest BCUT2D eigenvalue weighted by Gasteiger charge is 2.26. The fourth-order valence-electron chi connectivity index (χ4n) is 2.20. The van der Waals surface area contributed by atoms with Crippen molar-refractivity contribution in [2.75, 3.05) is 11.8 Å². The Balaban J connectivity index is 2.11. The Kier molecular flexibility index (Phi) is 4.59. The molecule has 10 heteroatoms. The van der Waals surface area contributed by atoms with Gasteiger partial charge in [0.1, 0.15) is 4.90 Å². The number of nitrogens with zero attached hydrogens (tertiary/aromatic N) is 1. The number of ether oxygens (including phenoxy) is 1. The Morgan fingerprint density at radius 1 is 1.24 bits per heavy atom. The van der Waals surface area contributed by atoms with Crippen molar-refractivity contribution in [2.45, 2.75) is 4.90 Å². The van der Waals surface area contributed by atoms with Crippen LogP contribution < -0.4 is 4.72 Å². The van der Waals surface area contributed by atoms with Crippen molar-refractivity contribution in [1.29, 1.82) is 0 Å². The molecule has 3 aromatic rings. The predicted molar refractivity (Wildman–Crippen MR) is 92.6 cm³/mol. The van der Waals surface area contributed by atoms with Gasteiger partial charge in [-0.1, -0.05) is 34.4 Å². The number of anilines is 1. The molecule has 130 valence electrons. The van der Waals surface area contributed by atoms with Crippen molar-refractivity contribution < 1.29 is 22.5 Å². The summed E-state index contributed by atoms with van der Waals surface area (Å²) in [5.41, 5.74) is 0.141. The van der Waals surface area contributed by atoms with Crippen LogP contribution in [-0.4, -0.2) is 26.7 Å². The van der Waals surface area contributed by atoms with Crippen LogP contribution >= 0.6 is 23.2 Å². The first-order valence-electron chi connectivity index (χ1n) is 6.78. The molecule has 0 fully saturated rings. The summed E-state index contributed by atoms with van der Waals surface area (Å²) in [7, 11) is -3.07. The third-order valence-electron chi connectivity index (χ3n) is 3.32. The van der Waals surface area contributed by atoms with E-state index in [9.17, 15) is 13.2 Å². The van der Waals surface area contributed by atoms with Crippen molar-refractivity contribution in [2.24, 2.45) is 0 Å². The van der Waals surface area contributed by atoms with Gasteiger partial charge in [-0.2, -0.15) is 0 Å². The summed E-state index contributed by atoms with van der Waals surface area (Å²) in [5, 5.41) is 4.38. The number of nitrogens with one attached hydrogen (secondary N) is 1. The summed E-state index contributed by atoms with van der Waals surface area (Å²) in [6, 6.07) is 8.58. The predicted octanol–water partition coefficient (Wildman–Crippen LogP) is 3.72. The van der Waals surface area contributed by atoms with Gasteiger partial charge in [-0.25, -0.2) is 13.2 Å². The van der Waals surface area contributed by atoms with E-state index < -0.39 is 16.0 Å². The fourth-order valence-corrected chi connectivity index (χ4v) is 3.92. The van der Waals surface area contributed by atoms with Gasteiger partial charge < -0.3 is 9.26 Å². The molecule has 0 amide bonds. The number of carbonyl (C=O) groups excluding carboxylic acids is 1. The SMILES string of the molecule is COC(=O)c1ccc(Cl)cc1S(=O)(=O)Nc1noc2cccc(Cl)c12. The third-order valence-corrected chi connectivity index (χ3v) is 5.25. The monoisotopic (exact) mass is 400 g/mol. The Morgan fingerprint density at radius 3 is 2.72 bits per heavy atom. The molecule has 0 saturated heterocycles. The average Bonchev–Trinajstić information content (AvgIpc) is 2.97. The molecule has 25 heavy (non-hydrogen) atoms. The molecular formula is C15H10Cl2N2O5S. The third kappa shape index (κ3) is 3.28. The van der Waals surface area contributed by atoms with Crippen LogP contribution in [0.2, 0.25) is 10.0 Å². The Hall–Kier alpha value is -2.29. The number of hydrogen-bond acceptors (Lipinski definition) is 6. The lowest BCUT2D eigenvalue weighted by Gasteiger charge is -2.10. The number of sulfonamides is 1. The Bertz CT molecular complexity index is 1080. The number of aromatic nitrogens is 1. The first kappa shape index (κ1) is 17.5. The van der Waals surface area contributed by atoms with Crippen LogP contribution in [-0.2, 0) is 14.8 Å². The van der Waals surface area contributed by atoms with Gasteiger partial charge in [0.2, 0.25) is 0 Å². The normalized spacial score (nSPS) is 11.5. The van der Waals surface area contributed by atoms with Crippen molar-refractivity contribution >= 4 is 56.0 Å². The standard InChI is InChI=1S/C15H10Cl2N2O5S/c1-23-15(20)9-6-5-8(16)7-12(9)25(21,22)19-14-13-10(17)3-2-4-11(13)24-18-14/h2-7H,1H3,(H,18,19). The van der Waals surface area contributed by atoms with E-state index >= 15 is 0 Å². The van der Waals surface area contributed by atoms with Gasteiger partial charge in [-0.3, -0.25) is 4.72 Å². The lowest BCUT2D eigenvalue weighted by molar-refractivity contribution is 0.0596. The first-order chi connectivity index (χ1) is 11.8. The minimum absolute atomic E-state index is 0.101. The van der Waals surface area contributed by atoms with Gasteiger partial charge in [0.05, 0.1) is 23.1 Å². The molecule has 0 saturated carbocycles. The quantitative estimate of drug-likeness (QED) is 0.669. The molecule has 0 aliphatic rings. The van der Waals surface area contributed by atoms with Crippen molar-refractivity contribution in [3.05, 3.63) is 52.0 Å². The van der Waals surface area contributed by atoms with E-state index in [1.807, 2.05) is 0 Å². The summed E-state index contributed by atoms with van der Waals surface area (Å²) in [4.78, 5) is 11.5. The highest BCUT2D eigenvalue weighted by Crippen LogP contribution is 2.32. The number of hydrogen-bond donors (Lipinski definition) is 1. The van der Waals surface area contributed by atoms with Crippen molar-refractivity contribution in [3.63, 3.8) is 0 Å². The minimum atomic E-state index is -4.22. The zero-order chi connectivity index (χ0) is 18.2. The number of carbonyl (C=O) groups is 1. The van der Waals surface area contributed by atoms with Gasteiger partial charge in [-0.05, 0) is 30.3 Å². The zero-order valence-corrected chi connectivity index (χ0v) is 14.9. The Labute approximate surface area is 152 Å². The fraction of sp³-hybridized carbons (Fsp3) is 0.0667. The number of methoxy groups -OCH3 is 1. The zero-order valence-electron chi connectivity index (χ0n) is 12.6. The first-order valence-corrected chi connectivity index (χ1v) is 9.02. The molecule has 0 bridgehead atoms. The Morgan fingerprint density at radius 2 is 2.00 bits per heavy atom. The summed E-state index contributed by atoms with van der Waals surface area (Å²) >= 11 is 12.0. The number of halogens is 2. The molecule has 0 atom stereocenters. The van der Waals surface area contributed by atoms with Crippen LogP contribution in [0.1, 0.15) is 10.4 Å². The van der Waals surface area contributed by atoms with E-state index in [1.165, 1.54) is 12.1 Å². The maximum absolute atomic E-state index is 12.7. The topological polar surface area (TPSA) is 98.5 Å². The van der Waals surface area contributed by atoms with Crippen molar-refractivity contribution in [1.82, 2.24) is 5.16 Å². The molecule has 1 aromatic heterocycles. The second-order valence-electron chi connectivity index (χ2n) is 4.88. The maximum atomic E-state index is 12.7. The molecule has 0 spiro atoms. The van der Waals surface area contributed by atoms with Crippen LogP contribution in [0.25, 0.3) is 11.0 Å². The molecule has 2 aromatic carbocycles. The second-order valence-corrected chi connectivity index (χ2v) is 7.38. The second kappa shape index (κ2) is 6.55. The van der Waals surface area contributed by atoms with E-state index in [0.29, 0.717) is 11.0 Å². The lowest BCUT2D eigenvalue weighted by atomic mass is 10.2. The average molecular weight is 401 g/mol. The van der Waals surface area contributed by atoms with Crippen LogP contribution in [0, 0.1) is 0 Å². The van der Waals surface area contributed by atoms with E-state index in [1.54, 1.807) is 18.2 Å². The molecule has 1 heterocycles. The van der Waals surface area contributed by atoms with E-state index in [0.717, 1.165) is 13.2 Å². The molecule has 0 aliphatic carbocycles. The summed E-state index contributed by atoms with van der Waals surface area (Å²) in [6.07, 6.45) is 0. The van der Waals surface area contributed by atoms with Crippen LogP contribution in [0.15, 0.2) is 45.8 Å². The largest absolute Gasteiger partial charge is 0.465 e. The molecule has 0 aliphatic heterocycles. The maximum Gasteiger partial charge on any atom is 0.339 e. The van der Waals surface area contributed by atoms with E-state index in [2.05, 4.69) is 14.6 Å². The van der Waals surface area contributed by atoms with Gasteiger partial charge in [-0.15, -0.1) is 0 Å². The van der Waals surface area contributed by atoms with E-state index in [-0.39, 0.29) is 26.3 Å². The van der Waals surface area contributed by atoms with Gasteiger partial charge in [0.25, 0.3) is 10.0 Å². The highest BCUT2D eigenvalue weighted by molar-refractivity contribution is 7.92. The smallest absolute Gasteiger partial charge is 0.339 e. The number of esters is 1. The molecular weight excluding hydrogens is 391 g/mol. The minimum Gasteiger partial charge on any atom is -0.465 e. The van der Waals surface area contributed by atoms with Crippen LogP contribution in [0.3, 0.4) is 0 Å². The molecule has 1 N–H and O–H groups in total. The lowest BCUT2D eigenvalue weighted by Crippen LogP contribution is -2.18. The molecule has 0 radical (unpaired) electrons. The van der Waals surface area contributed by atoms with Gasteiger partial charge >= 0.3 is 5.97 Å². The molecule has 3 rings (SSSR count). The summed E-state index contributed by atoms with van der Waals surface area (Å²) in [6.45, 7) is 0. The number of fused-ring (bicyclic) bond motifs is 1. The van der Waals surface area contributed by atoms with Gasteiger partial charge in [0, 0.05) is 5.02 Å². The summed E-state index contributed by atoms with van der Waals surface area (Å²) in [5.74, 6) is -0.920. The van der Waals surface area contributed by atoms with Crippen LogP contribution in [0.4, 0.5) is 5.82 Å². The van der Waals surface area contributed by atoms with Crippen LogP contribution in [0.5, 0.6) is 0 Å². The number of rotatable bonds is 4. The molecule has 0 unspecified atom stereocenters. The summed E-state index contributed by atoms with van der Waals surface area (Å²) < 4.78 is 37.4. The molecule has 7 nitrogen and oxygen atoms in total. The van der Waals surface area contributed by atoms with E-state index in [4.69, 9.17) is 27.7 Å². The van der Waals surface area contributed by atoms with Crippen molar-refractivity contribution in [3.8, 4) is 0 Å². The highest BCUT2D eigenvalue weighted by atomic mass is 35.5. The van der Waals surface area contributed by atoms with Gasteiger partial charge in [0.15, 0.2) is 11.4 Å².